The van der Waals surface area contributed by atoms with Crippen LogP contribution in [0.3, 0.4) is 0 Å². The summed E-state index contributed by atoms with van der Waals surface area (Å²) in [5.41, 5.74) is -0.389. The summed E-state index contributed by atoms with van der Waals surface area (Å²) in [5, 5.41) is 0. The van der Waals surface area contributed by atoms with Crippen molar-refractivity contribution in [1.82, 2.24) is 0 Å². The van der Waals surface area contributed by atoms with E-state index < -0.39 is 41.0 Å². The molecule has 0 spiro atoms. The molecule has 1 fully saturated rings. The van der Waals surface area contributed by atoms with Crippen LogP contribution in [0.2, 0.25) is 0 Å². The van der Waals surface area contributed by atoms with Crippen molar-refractivity contribution >= 4 is 0 Å². The summed E-state index contributed by atoms with van der Waals surface area (Å²) in [6.07, 6.45) is 6.41. The first kappa shape index (κ1) is 25.2. The third kappa shape index (κ3) is 6.78. The van der Waals surface area contributed by atoms with Gasteiger partial charge in [-0.25, -0.2) is 26.3 Å². The van der Waals surface area contributed by atoms with Gasteiger partial charge in [0.25, 0.3) is 6.43 Å². The van der Waals surface area contributed by atoms with E-state index in [2.05, 4.69) is 11.7 Å². The minimum atomic E-state index is -2.85. The predicted molar refractivity (Wildman–Crippen MR) is 116 cm³/mol. The summed E-state index contributed by atoms with van der Waals surface area (Å²) < 4.78 is 86.7. The maximum absolute atomic E-state index is 14.7. The fourth-order valence-corrected chi connectivity index (χ4v) is 4.62. The van der Waals surface area contributed by atoms with Crippen LogP contribution < -0.4 is 4.74 Å². The van der Waals surface area contributed by atoms with Crippen molar-refractivity contribution in [2.75, 3.05) is 0 Å². The van der Waals surface area contributed by atoms with E-state index in [0.717, 1.165) is 25.2 Å². The molecule has 0 N–H and O–H groups in total. The van der Waals surface area contributed by atoms with Gasteiger partial charge < -0.3 is 4.74 Å². The molecule has 0 atom stereocenters. The molecule has 1 aliphatic carbocycles. The Kier molecular flexibility index (Phi) is 8.87. The molecule has 2 aromatic rings. The molecule has 180 valence electrons. The van der Waals surface area contributed by atoms with Crippen molar-refractivity contribution in [1.29, 1.82) is 0 Å². The standard InChI is InChI=1S/C26H28F6O/c1-2-3-16-4-6-17(7-5-16)8-9-18-12-20(27)25(21(28)13-18)19-14-22(29)26(23(30)15-19)33-11-10-24(31)32/h10-17,24H,2-9H2,1H3/b11-10+. The predicted octanol–water partition coefficient (Wildman–Crippen LogP) is 8.61. The highest BCUT2D eigenvalue weighted by atomic mass is 19.3. The van der Waals surface area contributed by atoms with Crippen LogP contribution >= 0.6 is 0 Å². The van der Waals surface area contributed by atoms with Crippen LogP contribution in [0.15, 0.2) is 36.6 Å². The van der Waals surface area contributed by atoms with Crippen LogP contribution in [0.5, 0.6) is 5.75 Å². The zero-order valence-corrected chi connectivity index (χ0v) is 18.5. The molecule has 1 nitrogen and oxygen atoms in total. The summed E-state index contributed by atoms with van der Waals surface area (Å²) in [7, 11) is 0. The highest BCUT2D eigenvalue weighted by molar-refractivity contribution is 5.66. The average molecular weight is 470 g/mol. The van der Waals surface area contributed by atoms with Crippen LogP contribution in [0.1, 0.15) is 57.4 Å². The van der Waals surface area contributed by atoms with Crippen LogP contribution in [-0.2, 0) is 6.42 Å². The van der Waals surface area contributed by atoms with Gasteiger partial charge in [-0.05, 0) is 60.1 Å². The van der Waals surface area contributed by atoms with Gasteiger partial charge in [-0.15, -0.1) is 0 Å². The van der Waals surface area contributed by atoms with Crippen molar-refractivity contribution in [2.24, 2.45) is 11.8 Å². The van der Waals surface area contributed by atoms with E-state index >= 15 is 0 Å². The molecule has 0 heterocycles. The molecule has 0 radical (unpaired) electrons. The van der Waals surface area contributed by atoms with E-state index in [1.165, 1.54) is 37.8 Å². The van der Waals surface area contributed by atoms with E-state index in [1.54, 1.807) is 0 Å². The zero-order valence-electron chi connectivity index (χ0n) is 18.5. The van der Waals surface area contributed by atoms with E-state index in [1.807, 2.05) is 0 Å². The summed E-state index contributed by atoms with van der Waals surface area (Å²) >= 11 is 0. The Hall–Kier alpha value is -2.44. The average Bonchev–Trinajstić information content (AvgIpc) is 2.75. The van der Waals surface area contributed by atoms with Gasteiger partial charge in [0, 0.05) is 6.08 Å². The Morgan fingerprint density at radius 3 is 1.91 bits per heavy atom. The minimum absolute atomic E-state index is 0.307. The molecule has 0 amide bonds. The molecule has 3 rings (SSSR count). The van der Waals surface area contributed by atoms with Gasteiger partial charge in [0.15, 0.2) is 17.4 Å². The van der Waals surface area contributed by atoms with Gasteiger partial charge in [-0.2, -0.15) is 0 Å². The molecule has 7 heteroatoms. The number of hydrogen-bond donors (Lipinski definition) is 0. The smallest absolute Gasteiger partial charge is 0.260 e. The highest BCUT2D eigenvalue weighted by Crippen LogP contribution is 2.35. The number of ether oxygens (including phenoxy) is 1. The Bertz CT molecular complexity index is 917. The lowest BCUT2D eigenvalue weighted by Crippen LogP contribution is -2.15. The van der Waals surface area contributed by atoms with Crippen LogP contribution in [0, 0.1) is 35.1 Å². The van der Waals surface area contributed by atoms with Crippen molar-refractivity contribution < 1.29 is 31.1 Å². The van der Waals surface area contributed by atoms with Gasteiger partial charge in [0.05, 0.1) is 11.8 Å². The van der Waals surface area contributed by atoms with Gasteiger partial charge in [-0.3, -0.25) is 0 Å². The maximum Gasteiger partial charge on any atom is 0.260 e. The first-order chi connectivity index (χ1) is 15.8. The normalized spacial score (nSPS) is 18.9. The molecule has 0 bridgehead atoms. The maximum atomic E-state index is 14.7. The van der Waals surface area contributed by atoms with Gasteiger partial charge in [-0.1, -0.05) is 45.4 Å². The van der Waals surface area contributed by atoms with E-state index in [0.29, 0.717) is 42.4 Å². The quantitative estimate of drug-likeness (QED) is 0.263. The minimum Gasteiger partial charge on any atom is -0.459 e. The van der Waals surface area contributed by atoms with E-state index in [-0.39, 0.29) is 5.56 Å². The zero-order chi connectivity index (χ0) is 24.0. The molecule has 0 aliphatic heterocycles. The number of allylic oxidation sites excluding steroid dienone is 1. The molecule has 0 unspecified atom stereocenters. The summed E-state index contributed by atoms with van der Waals surface area (Å²) in [6.45, 7) is 2.19. The molecule has 33 heavy (non-hydrogen) atoms. The Morgan fingerprint density at radius 1 is 0.848 bits per heavy atom. The molecule has 0 aromatic heterocycles. The lowest BCUT2D eigenvalue weighted by Gasteiger charge is -2.28. The van der Waals surface area contributed by atoms with Crippen LogP contribution in [-0.4, -0.2) is 6.43 Å². The Balaban J connectivity index is 1.70. The Morgan fingerprint density at radius 2 is 1.39 bits per heavy atom. The van der Waals surface area contributed by atoms with Crippen molar-refractivity contribution in [2.45, 2.75) is 64.7 Å². The molecular formula is C26H28F6O. The van der Waals surface area contributed by atoms with Crippen LogP contribution in [0.25, 0.3) is 11.1 Å². The fraction of sp³-hybridized carbons (Fsp3) is 0.462. The second-order valence-corrected chi connectivity index (χ2v) is 8.70. The SMILES string of the molecule is CCCC1CCC(CCc2cc(F)c(-c3cc(F)c(O/C=C/C(F)F)c(F)c3)c(F)c2)CC1. The second kappa shape index (κ2) is 11.6. The van der Waals surface area contributed by atoms with Gasteiger partial charge >= 0.3 is 0 Å². The first-order valence-electron chi connectivity index (χ1n) is 11.4. The number of benzene rings is 2. The van der Waals surface area contributed by atoms with Crippen LogP contribution in [0.4, 0.5) is 26.3 Å². The highest BCUT2D eigenvalue weighted by Gasteiger charge is 2.22. The Labute approximate surface area is 190 Å². The molecule has 1 aliphatic rings. The summed E-state index contributed by atoms with van der Waals surface area (Å²) in [5.74, 6) is -3.95. The number of rotatable bonds is 9. The van der Waals surface area contributed by atoms with Crippen molar-refractivity contribution in [3.63, 3.8) is 0 Å². The van der Waals surface area contributed by atoms with E-state index in [9.17, 15) is 26.3 Å². The molecular weight excluding hydrogens is 442 g/mol. The number of aryl methyl sites for hydroxylation is 1. The topological polar surface area (TPSA) is 9.23 Å². The lowest BCUT2D eigenvalue weighted by molar-refractivity contribution is 0.200. The van der Waals surface area contributed by atoms with Gasteiger partial charge in [0.2, 0.25) is 0 Å². The van der Waals surface area contributed by atoms with E-state index in [4.69, 9.17) is 0 Å². The molecule has 2 aromatic carbocycles. The molecule has 0 saturated heterocycles. The third-order valence-corrected chi connectivity index (χ3v) is 6.30. The second-order valence-electron chi connectivity index (χ2n) is 8.70. The lowest BCUT2D eigenvalue weighted by atomic mass is 9.78. The summed E-state index contributed by atoms with van der Waals surface area (Å²) in [4.78, 5) is 0. The number of hydrogen-bond acceptors (Lipinski definition) is 1. The number of alkyl halides is 2. The first-order valence-corrected chi connectivity index (χ1v) is 11.4. The molecule has 1 saturated carbocycles. The monoisotopic (exact) mass is 470 g/mol. The van der Waals surface area contributed by atoms with Gasteiger partial charge in [0.1, 0.15) is 11.6 Å². The summed E-state index contributed by atoms with van der Waals surface area (Å²) in [6, 6.07) is 3.83. The van der Waals surface area contributed by atoms with Crippen molar-refractivity contribution in [3.05, 3.63) is 65.4 Å². The third-order valence-electron chi connectivity index (χ3n) is 6.30. The largest absolute Gasteiger partial charge is 0.459 e. The number of halogens is 6. The fourth-order valence-electron chi connectivity index (χ4n) is 4.62. The van der Waals surface area contributed by atoms with Crippen molar-refractivity contribution in [3.8, 4) is 16.9 Å².